The van der Waals surface area contributed by atoms with Gasteiger partial charge < -0.3 is 4.74 Å². The van der Waals surface area contributed by atoms with E-state index in [2.05, 4.69) is 4.74 Å². The van der Waals surface area contributed by atoms with Gasteiger partial charge in [0.15, 0.2) is 6.29 Å². The van der Waals surface area contributed by atoms with Crippen LogP contribution < -0.4 is 0 Å². The summed E-state index contributed by atoms with van der Waals surface area (Å²) in [6.45, 7) is 1.54. The molecule has 0 amide bonds. The van der Waals surface area contributed by atoms with Crippen LogP contribution in [0.5, 0.6) is 0 Å². The van der Waals surface area contributed by atoms with Crippen molar-refractivity contribution in [1.29, 1.82) is 5.26 Å². The summed E-state index contributed by atoms with van der Waals surface area (Å²) in [5.74, 6) is -0.960. The first-order valence-electron chi connectivity index (χ1n) is 5.04. The summed E-state index contributed by atoms with van der Waals surface area (Å²) in [6.07, 6.45) is -2.78. The number of carbonyl (C=O) groups is 2. The molecule has 0 aromatic heterocycles. The molecule has 0 N–H and O–H groups in total. The van der Waals surface area contributed by atoms with Gasteiger partial charge in [-0.1, -0.05) is 6.07 Å². The summed E-state index contributed by atoms with van der Waals surface area (Å²) in [5.41, 5.74) is -1.67. The van der Waals surface area contributed by atoms with Crippen molar-refractivity contribution in [3.05, 3.63) is 34.4 Å². The summed E-state index contributed by atoms with van der Waals surface area (Å²) >= 11 is 0. The number of ether oxygens (including phenoxy) is 1. The standard InChI is InChI=1S/C12H9F2NO3/c1-2-18-12(17)10-7(5-15)3-4-8(11(13)14)9(10)6-16/h3-4,6,11H,2H2,1H3. The van der Waals surface area contributed by atoms with Gasteiger partial charge in [-0.15, -0.1) is 0 Å². The van der Waals surface area contributed by atoms with E-state index in [4.69, 9.17) is 5.26 Å². The molecule has 0 bridgehead atoms. The van der Waals surface area contributed by atoms with Gasteiger partial charge >= 0.3 is 5.97 Å². The number of halogens is 2. The second kappa shape index (κ2) is 5.87. The first kappa shape index (κ1) is 13.8. The zero-order chi connectivity index (χ0) is 13.7. The quantitative estimate of drug-likeness (QED) is 0.610. The monoisotopic (exact) mass is 253 g/mol. The highest BCUT2D eigenvalue weighted by molar-refractivity contribution is 6.01. The maximum atomic E-state index is 12.7. The van der Waals surface area contributed by atoms with E-state index in [1.54, 1.807) is 6.07 Å². The molecule has 6 heteroatoms. The normalized spacial score (nSPS) is 9.94. The van der Waals surface area contributed by atoms with Crippen molar-refractivity contribution in [3.8, 4) is 6.07 Å². The maximum absolute atomic E-state index is 12.7. The number of hydrogen-bond donors (Lipinski definition) is 0. The third-order valence-electron chi connectivity index (χ3n) is 2.23. The number of benzene rings is 1. The van der Waals surface area contributed by atoms with E-state index in [-0.39, 0.29) is 18.5 Å². The fraction of sp³-hybridized carbons (Fsp3) is 0.250. The topological polar surface area (TPSA) is 67.2 Å². The van der Waals surface area contributed by atoms with Crippen LogP contribution in [0.1, 0.15) is 45.2 Å². The summed E-state index contributed by atoms with van der Waals surface area (Å²) in [6, 6.07) is 3.70. The maximum Gasteiger partial charge on any atom is 0.340 e. The van der Waals surface area contributed by atoms with Crippen LogP contribution in [0.25, 0.3) is 0 Å². The molecule has 4 nitrogen and oxygen atoms in total. The molecule has 1 rings (SSSR count). The summed E-state index contributed by atoms with van der Waals surface area (Å²) in [5, 5.41) is 8.82. The van der Waals surface area contributed by atoms with E-state index in [1.165, 1.54) is 6.92 Å². The Hall–Kier alpha value is -2.29. The zero-order valence-corrected chi connectivity index (χ0v) is 9.44. The van der Waals surface area contributed by atoms with Gasteiger partial charge in [-0.25, -0.2) is 13.6 Å². The van der Waals surface area contributed by atoms with Gasteiger partial charge in [-0.2, -0.15) is 5.26 Å². The van der Waals surface area contributed by atoms with Gasteiger partial charge in [-0.3, -0.25) is 4.79 Å². The fourth-order valence-corrected chi connectivity index (χ4v) is 1.47. The molecular weight excluding hydrogens is 244 g/mol. The Balaban J connectivity index is 3.52. The van der Waals surface area contributed by atoms with Crippen LogP contribution in [0.2, 0.25) is 0 Å². The molecule has 1 aromatic carbocycles. The van der Waals surface area contributed by atoms with Crippen LogP contribution in [0.3, 0.4) is 0 Å². The zero-order valence-electron chi connectivity index (χ0n) is 9.44. The lowest BCUT2D eigenvalue weighted by Crippen LogP contribution is -2.12. The average molecular weight is 253 g/mol. The molecule has 0 aliphatic carbocycles. The number of nitrogens with zero attached hydrogens (tertiary/aromatic N) is 1. The predicted molar refractivity (Wildman–Crippen MR) is 57.5 cm³/mol. The Morgan fingerprint density at radius 3 is 2.67 bits per heavy atom. The molecule has 0 atom stereocenters. The molecule has 0 saturated carbocycles. The number of esters is 1. The van der Waals surface area contributed by atoms with E-state index >= 15 is 0 Å². The number of aldehydes is 1. The number of hydrogen-bond acceptors (Lipinski definition) is 4. The molecule has 0 aliphatic heterocycles. The SMILES string of the molecule is CCOC(=O)c1c(C#N)ccc(C(F)F)c1C=O. The van der Waals surface area contributed by atoms with Gasteiger partial charge in [0.2, 0.25) is 0 Å². The average Bonchev–Trinajstić information content (AvgIpc) is 2.36. The lowest BCUT2D eigenvalue weighted by atomic mass is 9.97. The highest BCUT2D eigenvalue weighted by Gasteiger charge is 2.24. The Morgan fingerprint density at radius 2 is 2.22 bits per heavy atom. The summed E-state index contributed by atoms with van der Waals surface area (Å²) in [4.78, 5) is 22.5. The van der Waals surface area contributed by atoms with Crippen LogP contribution in [0.15, 0.2) is 12.1 Å². The molecule has 0 fully saturated rings. The molecule has 0 unspecified atom stereocenters. The van der Waals surface area contributed by atoms with Crippen LogP contribution >= 0.6 is 0 Å². The first-order chi connectivity index (χ1) is 8.56. The van der Waals surface area contributed by atoms with Crippen molar-refractivity contribution in [2.24, 2.45) is 0 Å². The van der Waals surface area contributed by atoms with E-state index in [0.717, 1.165) is 12.1 Å². The second-order valence-electron chi connectivity index (χ2n) is 3.24. The minimum absolute atomic E-state index is 0.0148. The van der Waals surface area contributed by atoms with Crippen molar-refractivity contribution in [2.75, 3.05) is 6.61 Å². The molecule has 1 aromatic rings. The van der Waals surface area contributed by atoms with Crippen molar-refractivity contribution >= 4 is 12.3 Å². The fourth-order valence-electron chi connectivity index (χ4n) is 1.47. The van der Waals surface area contributed by atoms with Crippen LogP contribution in [-0.2, 0) is 4.74 Å². The number of carbonyl (C=O) groups excluding carboxylic acids is 2. The van der Waals surface area contributed by atoms with E-state index in [9.17, 15) is 18.4 Å². The minimum Gasteiger partial charge on any atom is -0.462 e. The Bertz CT molecular complexity index is 521. The third kappa shape index (κ3) is 2.51. The van der Waals surface area contributed by atoms with Gasteiger partial charge in [0, 0.05) is 11.1 Å². The molecule has 0 saturated heterocycles. The lowest BCUT2D eigenvalue weighted by molar-refractivity contribution is 0.0523. The van der Waals surface area contributed by atoms with Crippen LogP contribution in [-0.4, -0.2) is 18.9 Å². The predicted octanol–water partition coefficient (Wildman–Crippen LogP) is 2.49. The molecule has 94 valence electrons. The Morgan fingerprint density at radius 1 is 1.56 bits per heavy atom. The summed E-state index contributed by atoms with van der Waals surface area (Å²) in [7, 11) is 0. The lowest BCUT2D eigenvalue weighted by Gasteiger charge is -2.10. The highest BCUT2D eigenvalue weighted by atomic mass is 19.3. The highest BCUT2D eigenvalue weighted by Crippen LogP contribution is 2.27. The van der Waals surface area contributed by atoms with Crippen LogP contribution in [0, 0.1) is 11.3 Å². The number of rotatable bonds is 4. The third-order valence-corrected chi connectivity index (χ3v) is 2.23. The number of nitriles is 1. The first-order valence-corrected chi connectivity index (χ1v) is 5.04. The Labute approximate surface area is 102 Å². The van der Waals surface area contributed by atoms with Crippen molar-refractivity contribution in [3.63, 3.8) is 0 Å². The Kier molecular flexibility index (Phi) is 4.49. The van der Waals surface area contributed by atoms with Gasteiger partial charge in [0.25, 0.3) is 6.43 Å². The molecule has 0 aliphatic rings. The second-order valence-corrected chi connectivity index (χ2v) is 3.24. The molecule has 18 heavy (non-hydrogen) atoms. The largest absolute Gasteiger partial charge is 0.462 e. The van der Waals surface area contributed by atoms with E-state index in [1.807, 2.05) is 0 Å². The molecule has 0 heterocycles. The number of alkyl halides is 2. The van der Waals surface area contributed by atoms with Gasteiger partial charge in [-0.05, 0) is 13.0 Å². The van der Waals surface area contributed by atoms with Gasteiger partial charge in [0.05, 0.1) is 17.7 Å². The summed E-state index contributed by atoms with van der Waals surface area (Å²) < 4.78 is 30.0. The molecule has 0 spiro atoms. The smallest absolute Gasteiger partial charge is 0.340 e. The van der Waals surface area contributed by atoms with E-state index < -0.39 is 29.1 Å². The molecule has 0 radical (unpaired) electrons. The van der Waals surface area contributed by atoms with Crippen molar-refractivity contribution in [2.45, 2.75) is 13.3 Å². The van der Waals surface area contributed by atoms with Crippen molar-refractivity contribution in [1.82, 2.24) is 0 Å². The van der Waals surface area contributed by atoms with Crippen LogP contribution in [0.4, 0.5) is 8.78 Å². The molecular formula is C12H9F2NO3. The minimum atomic E-state index is -2.91. The van der Waals surface area contributed by atoms with Gasteiger partial charge in [0.1, 0.15) is 6.07 Å². The van der Waals surface area contributed by atoms with E-state index in [0.29, 0.717) is 0 Å². The van der Waals surface area contributed by atoms with Crippen molar-refractivity contribution < 1.29 is 23.1 Å².